The van der Waals surface area contributed by atoms with Gasteiger partial charge in [-0.05, 0) is 40.0 Å². The molecule has 0 amide bonds. The quantitative estimate of drug-likeness (QED) is 0.130. The highest BCUT2D eigenvalue weighted by atomic mass is 16.5. The van der Waals surface area contributed by atoms with E-state index in [0.29, 0.717) is 17.8 Å². The minimum absolute atomic E-state index is 0.00874. The van der Waals surface area contributed by atoms with Crippen molar-refractivity contribution in [2.45, 2.75) is 117 Å². The highest BCUT2D eigenvalue weighted by Gasteiger charge is 2.09. The fourth-order valence-electron chi connectivity index (χ4n) is 3.11. The molecule has 0 radical (unpaired) electrons. The molecule has 0 bridgehead atoms. The van der Waals surface area contributed by atoms with Crippen LogP contribution in [0.4, 0.5) is 0 Å². The zero-order chi connectivity index (χ0) is 21.9. The van der Waals surface area contributed by atoms with Crippen LogP contribution in [0.25, 0.3) is 0 Å². The first kappa shape index (κ1) is 27.4. The van der Waals surface area contributed by atoms with Crippen LogP contribution in [0, 0.1) is 0 Å². The average molecular weight is 409 g/mol. The number of hydrogen-bond acceptors (Lipinski definition) is 4. The average Bonchev–Trinajstić information content (AvgIpc) is 2.67. The largest absolute Gasteiger partial charge is 0.462 e. The van der Waals surface area contributed by atoms with Gasteiger partial charge in [0.25, 0.3) is 0 Å². The number of carbonyl (C=O) groups excluding carboxylic acids is 2. The Balaban J connectivity index is 3.24. The van der Waals surface area contributed by atoms with Crippen LogP contribution in [-0.4, -0.2) is 24.6 Å². The van der Waals surface area contributed by atoms with E-state index in [0.717, 1.165) is 25.7 Å². The first-order valence-electron chi connectivity index (χ1n) is 11.5. The fraction of sp³-hybridized carbons (Fsp3) is 0.760. The van der Waals surface area contributed by atoms with Gasteiger partial charge < -0.3 is 9.47 Å². The molecule has 0 aliphatic heterocycles. The summed E-state index contributed by atoms with van der Waals surface area (Å²) >= 11 is 0. The van der Waals surface area contributed by atoms with E-state index in [1.54, 1.807) is 13.8 Å². The summed E-state index contributed by atoms with van der Waals surface area (Å²) in [5.41, 5.74) is 0.944. The van der Waals surface area contributed by atoms with Gasteiger partial charge in [0.1, 0.15) is 0 Å². The number of ether oxygens (including phenoxy) is 2. The fourth-order valence-corrected chi connectivity index (χ4v) is 3.11. The van der Waals surface area contributed by atoms with Crippen molar-refractivity contribution in [3.05, 3.63) is 24.3 Å². The van der Waals surface area contributed by atoms with Crippen LogP contribution in [0.15, 0.2) is 24.3 Å². The van der Waals surface area contributed by atoms with E-state index < -0.39 is 0 Å². The minimum atomic E-state index is -0.276. The predicted octanol–water partition coefficient (Wildman–Crippen LogP) is 7.07. The molecule has 0 saturated carbocycles. The smallest absolute Gasteiger partial charge is 0.333 e. The van der Waals surface area contributed by atoms with Gasteiger partial charge in [-0.15, -0.1) is 0 Å². The molecule has 1 atom stereocenters. The summed E-state index contributed by atoms with van der Waals surface area (Å²) in [6.07, 6.45) is 17.1. The van der Waals surface area contributed by atoms with Crippen LogP contribution in [0.2, 0.25) is 0 Å². The molecular weight excluding hydrogens is 364 g/mol. The Labute approximate surface area is 179 Å². The van der Waals surface area contributed by atoms with E-state index in [-0.39, 0.29) is 18.0 Å². The monoisotopic (exact) mass is 408 g/mol. The van der Waals surface area contributed by atoms with Crippen molar-refractivity contribution in [3.8, 4) is 0 Å². The molecule has 0 saturated heterocycles. The molecule has 4 heteroatoms. The van der Waals surface area contributed by atoms with Gasteiger partial charge in [-0.25, -0.2) is 9.59 Å². The second-order valence-corrected chi connectivity index (χ2v) is 8.30. The molecule has 0 aliphatic carbocycles. The molecule has 0 aromatic heterocycles. The summed E-state index contributed by atoms with van der Waals surface area (Å²) in [6.45, 7) is 13.0. The second kappa shape index (κ2) is 18.4. The Hall–Kier alpha value is -1.58. The molecule has 4 nitrogen and oxygen atoms in total. The van der Waals surface area contributed by atoms with Gasteiger partial charge in [0.2, 0.25) is 0 Å². The third-order valence-electron chi connectivity index (χ3n) is 4.99. The van der Waals surface area contributed by atoms with Crippen molar-refractivity contribution >= 4 is 11.9 Å². The second-order valence-electron chi connectivity index (χ2n) is 8.30. The SMILES string of the molecule is C=C(C)C(=O)OCCCCCCCCCCCCCCCC(C)OC(=O)C(=C)C. The van der Waals surface area contributed by atoms with E-state index >= 15 is 0 Å². The molecule has 0 aromatic rings. The van der Waals surface area contributed by atoms with Crippen molar-refractivity contribution in [2.75, 3.05) is 6.61 Å². The number of rotatable bonds is 19. The molecule has 0 fully saturated rings. The Kier molecular flexibility index (Phi) is 17.4. The number of esters is 2. The van der Waals surface area contributed by atoms with Gasteiger partial charge in [0, 0.05) is 11.1 Å². The van der Waals surface area contributed by atoms with Crippen LogP contribution in [0.3, 0.4) is 0 Å². The summed E-state index contributed by atoms with van der Waals surface area (Å²) in [7, 11) is 0. The summed E-state index contributed by atoms with van der Waals surface area (Å²) in [4.78, 5) is 22.6. The van der Waals surface area contributed by atoms with Crippen molar-refractivity contribution in [1.82, 2.24) is 0 Å². The molecule has 1 unspecified atom stereocenters. The van der Waals surface area contributed by atoms with Crippen LogP contribution in [0.5, 0.6) is 0 Å². The Bertz CT molecular complexity index is 481. The third kappa shape index (κ3) is 18.2. The zero-order valence-electron chi connectivity index (χ0n) is 19.2. The normalized spacial score (nSPS) is 11.7. The van der Waals surface area contributed by atoms with Gasteiger partial charge in [-0.3, -0.25) is 0 Å². The van der Waals surface area contributed by atoms with E-state index in [4.69, 9.17) is 9.47 Å². The molecule has 168 valence electrons. The van der Waals surface area contributed by atoms with Gasteiger partial charge in [0.05, 0.1) is 12.7 Å². The van der Waals surface area contributed by atoms with E-state index in [9.17, 15) is 9.59 Å². The van der Waals surface area contributed by atoms with Gasteiger partial charge in [-0.2, -0.15) is 0 Å². The summed E-state index contributed by atoms with van der Waals surface area (Å²) < 4.78 is 10.4. The Morgan fingerprint density at radius 2 is 1.03 bits per heavy atom. The zero-order valence-corrected chi connectivity index (χ0v) is 19.2. The van der Waals surface area contributed by atoms with Crippen molar-refractivity contribution < 1.29 is 19.1 Å². The predicted molar refractivity (Wildman–Crippen MR) is 121 cm³/mol. The lowest BCUT2D eigenvalue weighted by atomic mass is 10.0. The molecule has 0 aromatic carbocycles. The Morgan fingerprint density at radius 3 is 1.45 bits per heavy atom. The first-order valence-corrected chi connectivity index (χ1v) is 11.5. The van der Waals surface area contributed by atoms with Crippen LogP contribution < -0.4 is 0 Å². The maximum Gasteiger partial charge on any atom is 0.333 e. The lowest BCUT2D eigenvalue weighted by Gasteiger charge is -2.12. The van der Waals surface area contributed by atoms with Crippen molar-refractivity contribution in [1.29, 1.82) is 0 Å². The molecule has 0 spiro atoms. The van der Waals surface area contributed by atoms with Crippen LogP contribution in [0.1, 0.15) is 111 Å². The molecular formula is C25H44O4. The van der Waals surface area contributed by atoms with Gasteiger partial charge >= 0.3 is 11.9 Å². The van der Waals surface area contributed by atoms with E-state index in [1.807, 2.05) is 6.92 Å². The number of hydrogen-bond donors (Lipinski definition) is 0. The van der Waals surface area contributed by atoms with Crippen molar-refractivity contribution in [2.24, 2.45) is 0 Å². The summed E-state index contributed by atoms with van der Waals surface area (Å²) in [5.74, 6) is -0.551. The van der Waals surface area contributed by atoms with Gasteiger partial charge in [-0.1, -0.05) is 83.8 Å². The summed E-state index contributed by atoms with van der Waals surface area (Å²) in [6, 6.07) is 0. The number of carbonyl (C=O) groups is 2. The minimum Gasteiger partial charge on any atom is -0.462 e. The van der Waals surface area contributed by atoms with Crippen LogP contribution in [-0.2, 0) is 19.1 Å². The maximum atomic E-state index is 11.4. The summed E-state index contributed by atoms with van der Waals surface area (Å²) in [5, 5.41) is 0. The van der Waals surface area contributed by atoms with E-state index in [2.05, 4.69) is 13.2 Å². The molecule has 0 rings (SSSR count). The van der Waals surface area contributed by atoms with Crippen LogP contribution >= 0.6 is 0 Å². The molecule has 0 aliphatic rings. The molecule has 0 N–H and O–H groups in total. The van der Waals surface area contributed by atoms with Gasteiger partial charge in [0.15, 0.2) is 0 Å². The standard InChI is InChI=1S/C25H44O4/c1-21(2)24(26)28-20-18-16-14-12-10-8-6-7-9-11-13-15-17-19-23(5)29-25(27)22(3)4/h23H,1,3,6-20H2,2,4-5H3. The lowest BCUT2D eigenvalue weighted by Crippen LogP contribution is -2.15. The van der Waals surface area contributed by atoms with Crippen molar-refractivity contribution in [3.63, 3.8) is 0 Å². The highest BCUT2D eigenvalue weighted by Crippen LogP contribution is 2.14. The highest BCUT2D eigenvalue weighted by molar-refractivity contribution is 5.87. The van der Waals surface area contributed by atoms with E-state index in [1.165, 1.54) is 64.2 Å². The molecule has 0 heterocycles. The number of unbranched alkanes of at least 4 members (excludes halogenated alkanes) is 12. The first-order chi connectivity index (χ1) is 13.8. The maximum absolute atomic E-state index is 11.4. The topological polar surface area (TPSA) is 52.6 Å². The lowest BCUT2D eigenvalue weighted by molar-refractivity contribution is -0.143. The Morgan fingerprint density at radius 1 is 0.655 bits per heavy atom. The molecule has 29 heavy (non-hydrogen) atoms. The third-order valence-corrected chi connectivity index (χ3v) is 4.99.